The Hall–Kier alpha value is -1.01. The SMILES string of the molecule is CC(O)CCCCC#CC(=O)O. The van der Waals surface area contributed by atoms with Crippen LogP contribution in [0, 0.1) is 11.8 Å². The molecule has 1 atom stereocenters. The molecule has 0 amide bonds. The lowest BCUT2D eigenvalue weighted by molar-refractivity contribution is -0.130. The van der Waals surface area contributed by atoms with Crippen molar-refractivity contribution in [1.82, 2.24) is 0 Å². The van der Waals surface area contributed by atoms with Crippen LogP contribution in [0.1, 0.15) is 32.6 Å². The van der Waals surface area contributed by atoms with Gasteiger partial charge in [-0.05, 0) is 26.2 Å². The Bertz CT molecular complexity index is 186. The van der Waals surface area contributed by atoms with E-state index in [1.807, 2.05) is 5.92 Å². The Morgan fingerprint density at radius 3 is 2.67 bits per heavy atom. The van der Waals surface area contributed by atoms with Crippen LogP contribution in [0.3, 0.4) is 0 Å². The van der Waals surface area contributed by atoms with E-state index in [0.29, 0.717) is 6.42 Å². The summed E-state index contributed by atoms with van der Waals surface area (Å²) in [5, 5.41) is 17.0. The minimum absolute atomic E-state index is 0.266. The van der Waals surface area contributed by atoms with Crippen LogP contribution in [0.4, 0.5) is 0 Å². The second-order valence-electron chi connectivity index (χ2n) is 2.70. The van der Waals surface area contributed by atoms with Crippen molar-refractivity contribution in [3.63, 3.8) is 0 Å². The minimum Gasteiger partial charge on any atom is -0.472 e. The summed E-state index contributed by atoms with van der Waals surface area (Å²) < 4.78 is 0. The molecule has 2 N–H and O–H groups in total. The number of aliphatic hydroxyl groups excluding tert-OH is 1. The molecule has 0 aromatic rings. The summed E-state index contributed by atoms with van der Waals surface area (Å²) in [6.45, 7) is 1.74. The number of aliphatic carboxylic acids is 1. The molecule has 12 heavy (non-hydrogen) atoms. The van der Waals surface area contributed by atoms with E-state index in [4.69, 9.17) is 10.2 Å². The van der Waals surface area contributed by atoms with Crippen LogP contribution in [0.15, 0.2) is 0 Å². The Morgan fingerprint density at radius 2 is 2.17 bits per heavy atom. The van der Waals surface area contributed by atoms with Crippen molar-refractivity contribution in [2.75, 3.05) is 0 Å². The standard InChI is InChI=1S/C9H14O3/c1-8(10)6-4-2-3-5-7-9(11)12/h8,10H,2-4,6H2,1H3,(H,11,12). The molecule has 68 valence electrons. The predicted molar refractivity (Wildman–Crippen MR) is 45.6 cm³/mol. The van der Waals surface area contributed by atoms with Crippen LogP contribution in [-0.4, -0.2) is 22.3 Å². The van der Waals surface area contributed by atoms with Crippen molar-refractivity contribution < 1.29 is 15.0 Å². The maximum Gasteiger partial charge on any atom is 0.381 e. The van der Waals surface area contributed by atoms with Crippen molar-refractivity contribution in [2.45, 2.75) is 38.7 Å². The molecule has 0 saturated carbocycles. The maximum absolute atomic E-state index is 9.93. The third kappa shape index (κ3) is 8.99. The second-order valence-corrected chi connectivity index (χ2v) is 2.70. The van der Waals surface area contributed by atoms with Gasteiger partial charge in [0.2, 0.25) is 0 Å². The molecule has 1 unspecified atom stereocenters. The third-order valence-electron chi connectivity index (χ3n) is 1.37. The Morgan fingerprint density at radius 1 is 1.50 bits per heavy atom. The van der Waals surface area contributed by atoms with Crippen LogP contribution in [0.5, 0.6) is 0 Å². The van der Waals surface area contributed by atoms with E-state index >= 15 is 0 Å². The predicted octanol–water partition coefficient (Wildman–Crippen LogP) is 1.02. The molecule has 3 heteroatoms. The lowest BCUT2D eigenvalue weighted by Crippen LogP contribution is -1.97. The summed E-state index contributed by atoms with van der Waals surface area (Å²) in [5.41, 5.74) is 0. The van der Waals surface area contributed by atoms with Crippen LogP contribution < -0.4 is 0 Å². The smallest absolute Gasteiger partial charge is 0.381 e. The molecular weight excluding hydrogens is 156 g/mol. The largest absolute Gasteiger partial charge is 0.472 e. The van der Waals surface area contributed by atoms with Crippen LogP contribution in [0.2, 0.25) is 0 Å². The van der Waals surface area contributed by atoms with Crippen LogP contribution >= 0.6 is 0 Å². The summed E-state index contributed by atoms with van der Waals surface area (Å²) >= 11 is 0. The molecule has 0 fully saturated rings. The van der Waals surface area contributed by atoms with Gasteiger partial charge in [-0.1, -0.05) is 5.92 Å². The number of carboxylic acid groups (broad SMARTS) is 1. The number of hydrogen-bond donors (Lipinski definition) is 2. The zero-order valence-electron chi connectivity index (χ0n) is 7.21. The quantitative estimate of drug-likeness (QED) is 0.489. The van der Waals surface area contributed by atoms with Gasteiger partial charge in [-0.3, -0.25) is 0 Å². The molecule has 0 radical (unpaired) electrons. The first-order valence-electron chi connectivity index (χ1n) is 4.03. The van der Waals surface area contributed by atoms with E-state index in [9.17, 15) is 4.79 Å². The van der Waals surface area contributed by atoms with Gasteiger partial charge in [-0.25, -0.2) is 4.79 Å². The summed E-state index contributed by atoms with van der Waals surface area (Å²) in [5.74, 6) is 3.49. The van der Waals surface area contributed by atoms with Gasteiger partial charge >= 0.3 is 5.97 Å². The van der Waals surface area contributed by atoms with Crippen molar-refractivity contribution in [1.29, 1.82) is 0 Å². The Kier molecular flexibility index (Phi) is 6.12. The van der Waals surface area contributed by atoms with Gasteiger partial charge in [0.25, 0.3) is 0 Å². The lowest BCUT2D eigenvalue weighted by atomic mass is 10.1. The third-order valence-corrected chi connectivity index (χ3v) is 1.37. The first-order chi connectivity index (χ1) is 5.63. The number of rotatable bonds is 4. The average Bonchev–Trinajstić information content (AvgIpc) is 1.95. The normalized spacial score (nSPS) is 11.5. The molecular formula is C9H14O3. The summed E-state index contributed by atoms with van der Waals surface area (Å²) in [6.07, 6.45) is 2.84. The highest BCUT2D eigenvalue weighted by Gasteiger charge is 1.93. The highest BCUT2D eigenvalue weighted by molar-refractivity contribution is 5.86. The number of carboxylic acids is 1. The number of unbranched alkanes of at least 4 members (excludes halogenated alkanes) is 2. The van der Waals surface area contributed by atoms with Gasteiger partial charge in [0.15, 0.2) is 0 Å². The van der Waals surface area contributed by atoms with Gasteiger partial charge in [0.05, 0.1) is 6.10 Å². The molecule has 0 aromatic carbocycles. The van der Waals surface area contributed by atoms with Crippen molar-refractivity contribution in [3.8, 4) is 11.8 Å². The van der Waals surface area contributed by atoms with Crippen molar-refractivity contribution in [3.05, 3.63) is 0 Å². The van der Waals surface area contributed by atoms with E-state index < -0.39 is 5.97 Å². The lowest BCUT2D eigenvalue weighted by Gasteiger charge is -2.00. The molecule has 0 aliphatic heterocycles. The molecule has 0 bridgehead atoms. The fourth-order valence-electron chi connectivity index (χ4n) is 0.791. The second kappa shape index (κ2) is 6.68. The van der Waals surface area contributed by atoms with E-state index in [0.717, 1.165) is 19.3 Å². The molecule has 0 saturated heterocycles. The number of carbonyl (C=O) groups is 1. The first-order valence-corrected chi connectivity index (χ1v) is 4.03. The van der Waals surface area contributed by atoms with Crippen LogP contribution in [-0.2, 0) is 4.79 Å². The zero-order chi connectivity index (χ0) is 9.40. The van der Waals surface area contributed by atoms with Crippen molar-refractivity contribution >= 4 is 5.97 Å². The van der Waals surface area contributed by atoms with Crippen LogP contribution in [0.25, 0.3) is 0 Å². The Balaban J connectivity index is 3.23. The number of aliphatic hydroxyl groups is 1. The fourth-order valence-corrected chi connectivity index (χ4v) is 0.791. The monoisotopic (exact) mass is 170 g/mol. The van der Waals surface area contributed by atoms with Gasteiger partial charge in [-0.2, -0.15) is 0 Å². The van der Waals surface area contributed by atoms with E-state index in [1.54, 1.807) is 6.92 Å². The van der Waals surface area contributed by atoms with Gasteiger partial charge in [0.1, 0.15) is 0 Å². The molecule has 0 aliphatic carbocycles. The maximum atomic E-state index is 9.93. The van der Waals surface area contributed by atoms with E-state index in [-0.39, 0.29) is 6.10 Å². The van der Waals surface area contributed by atoms with Gasteiger partial charge < -0.3 is 10.2 Å². The molecule has 0 spiro atoms. The first kappa shape index (κ1) is 11.0. The molecule has 0 aromatic heterocycles. The molecule has 3 nitrogen and oxygen atoms in total. The highest BCUT2D eigenvalue weighted by atomic mass is 16.4. The molecule has 0 rings (SSSR count). The zero-order valence-corrected chi connectivity index (χ0v) is 7.21. The van der Waals surface area contributed by atoms with Gasteiger partial charge in [0, 0.05) is 12.3 Å². The number of hydrogen-bond acceptors (Lipinski definition) is 2. The topological polar surface area (TPSA) is 57.5 Å². The summed E-state index contributed by atoms with van der Waals surface area (Å²) in [7, 11) is 0. The summed E-state index contributed by atoms with van der Waals surface area (Å²) in [4.78, 5) is 9.93. The molecule has 0 heterocycles. The van der Waals surface area contributed by atoms with Crippen molar-refractivity contribution in [2.24, 2.45) is 0 Å². The van der Waals surface area contributed by atoms with E-state index in [1.165, 1.54) is 0 Å². The molecule has 0 aliphatic rings. The minimum atomic E-state index is -1.08. The van der Waals surface area contributed by atoms with Gasteiger partial charge in [-0.15, -0.1) is 0 Å². The average molecular weight is 170 g/mol. The Labute approximate surface area is 72.4 Å². The fraction of sp³-hybridized carbons (Fsp3) is 0.667. The highest BCUT2D eigenvalue weighted by Crippen LogP contribution is 2.01. The van der Waals surface area contributed by atoms with E-state index in [2.05, 4.69) is 5.92 Å². The summed E-state index contributed by atoms with van der Waals surface area (Å²) in [6, 6.07) is 0.